The number of likely N-dealkylation sites (tertiary alicyclic amines) is 1. The third-order valence-corrected chi connectivity index (χ3v) is 4.45. The van der Waals surface area contributed by atoms with Crippen LogP contribution in [0.25, 0.3) is 11.5 Å². The summed E-state index contributed by atoms with van der Waals surface area (Å²) in [6, 6.07) is 7.20. The number of furan rings is 1. The maximum absolute atomic E-state index is 12.7. The number of hydrogen-bond acceptors (Lipinski definition) is 4. The Kier molecular flexibility index (Phi) is 4.64. The molecule has 1 aliphatic heterocycles. The van der Waals surface area contributed by atoms with Gasteiger partial charge in [-0.25, -0.2) is 4.98 Å². The minimum Gasteiger partial charge on any atom is -0.481 e. The van der Waals surface area contributed by atoms with Crippen LogP contribution in [0.2, 0.25) is 0 Å². The molecule has 3 rings (SSSR count). The van der Waals surface area contributed by atoms with Gasteiger partial charge in [0.05, 0.1) is 17.5 Å². The highest BCUT2D eigenvalue weighted by molar-refractivity contribution is 5.95. The van der Waals surface area contributed by atoms with E-state index in [1.807, 2.05) is 13.0 Å². The third kappa shape index (κ3) is 3.48. The van der Waals surface area contributed by atoms with E-state index in [1.54, 1.807) is 29.4 Å². The number of piperidine rings is 1. The van der Waals surface area contributed by atoms with Gasteiger partial charge in [0, 0.05) is 19.5 Å². The van der Waals surface area contributed by atoms with Crippen LogP contribution < -0.4 is 0 Å². The van der Waals surface area contributed by atoms with Crippen molar-refractivity contribution in [3.8, 4) is 11.5 Å². The number of pyridine rings is 1. The van der Waals surface area contributed by atoms with Gasteiger partial charge in [-0.2, -0.15) is 0 Å². The van der Waals surface area contributed by atoms with Crippen molar-refractivity contribution in [2.24, 2.45) is 5.92 Å². The van der Waals surface area contributed by atoms with Gasteiger partial charge < -0.3 is 14.4 Å². The fourth-order valence-corrected chi connectivity index (χ4v) is 3.11. The number of aliphatic carboxylic acids is 1. The molecule has 24 heavy (non-hydrogen) atoms. The van der Waals surface area contributed by atoms with Crippen LogP contribution in [0.15, 0.2) is 34.9 Å². The number of aromatic nitrogens is 1. The minimum atomic E-state index is -0.770. The largest absolute Gasteiger partial charge is 0.481 e. The monoisotopic (exact) mass is 328 g/mol. The van der Waals surface area contributed by atoms with Crippen LogP contribution in [0.5, 0.6) is 0 Å². The molecule has 0 radical (unpaired) electrons. The standard InChI is InChI=1S/C18H20N2O4/c1-12-14(4-5-15(19-12)16-3-2-10-24-16)18(23)20-8-6-13(7-9-20)11-17(21)22/h2-5,10,13H,6-9,11H2,1H3,(H,21,22). The number of carbonyl (C=O) groups is 2. The summed E-state index contributed by atoms with van der Waals surface area (Å²) in [4.78, 5) is 29.7. The lowest BCUT2D eigenvalue weighted by Crippen LogP contribution is -2.39. The summed E-state index contributed by atoms with van der Waals surface area (Å²) in [5.41, 5.74) is 1.96. The molecule has 0 saturated carbocycles. The Bertz CT molecular complexity index is 731. The quantitative estimate of drug-likeness (QED) is 0.933. The van der Waals surface area contributed by atoms with Gasteiger partial charge in [0.15, 0.2) is 5.76 Å². The van der Waals surface area contributed by atoms with Crippen LogP contribution >= 0.6 is 0 Å². The molecule has 126 valence electrons. The summed E-state index contributed by atoms with van der Waals surface area (Å²) in [5.74, 6) is 0.0202. The predicted molar refractivity (Wildman–Crippen MR) is 87.6 cm³/mol. The maximum Gasteiger partial charge on any atom is 0.303 e. The first-order valence-electron chi connectivity index (χ1n) is 8.07. The molecular weight excluding hydrogens is 308 g/mol. The molecule has 6 heteroatoms. The van der Waals surface area contributed by atoms with Crippen molar-refractivity contribution in [1.29, 1.82) is 0 Å². The second kappa shape index (κ2) is 6.86. The van der Waals surface area contributed by atoms with Crippen LogP contribution in [0.4, 0.5) is 0 Å². The summed E-state index contributed by atoms with van der Waals surface area (Å²) in [7, 11) is 0. The third-order valence-electron chi connectivity index (χ3n) is 4.45. The summed E-state index contributed by atoms with van der Waals surface area (Å²) in [6.45, 7) is 3.00. The highest BCUT2D eigenvalue weighted by atomic mass is 16.4. The minimum absolute atomic E-state index is 0.0419. The van der Waals surface area contributed by atoms with Gasteiger partial charge in [-0.05, 0) is 49.9 Å². The first kappa shape index (κ1) is 16.2. The molecule has 1 aliphatic rings. The molecule has 0 atom stereocenters. The van der Waals surface area contributed by atoms with Crippen LogP contribution in [-0.4, -0.2) is 40.0 Å². The Balaban J connectivity index is 1.68. The van der Waals surface area contributed by atoms with Gasteiger partial charge in [0.25, 0.3) is 5.91 Å². The van der Waals surface area contributed by atoms with E-state index in [2.05, 4.69) is 4.98 Å². The van der Waals surface area contributed by atoms with Crippen molar-refractivity contribution < 1.29 is 19.1 Å². The van der Waals surface area contributed by atoms with E-state index < -0.39 is 5.97 Å². The summed E-state index contributed by atoms with van der Waals surface area (Å²) in [5, 5.41) is 8.86. The molecule has 2 aromatic heterocycles. The van der Waals surface area contributed by atoms with E-state index in [0.29, 0.717) is 35.8 Å². The van der Waals surface area contributed by atoms with Crippen molar-refractivity contribution in [1.82, 2.24) is 9.88 Å². The second-order valence-corrected chi connectivity index (χ2v) is 6.14. The molecule has 2 aromatic rings. The van der Waals surface area contributed by atoms with Crippen molar-refractivity contribution >= 4 is 11.9 Å². The molecule has 0 unspecified atom stereocenters. The highest BCUT2D eigenvalue weighted by Crippen LogP contribution is 2.24. The molecule has 0 aromatic carbocycles. The number of carboxylic acid groups (broad SMARTS) is 1. The molecule has 1 N–H and O–H groups in total. The zero-order chi connectivity index (χ0) is 17.1. The number of carbonyl (C=O) groups excluding carboxylic acids is 1. The highest BCUT2D eigenvalue weighted by Gasteiger charge is 2.26. The first-order chi connectivity index (χ1) is 11.5. The van der Waals surface area contributed by atoms with E-state index in [-0.39, 0.29) is 18.2 Å². The van der Waals surface area contributed by atoms with Crippen molar-refractivity contribution in [2.75, 3.05) is 13.1 Å². The number of amides is 1. The number of rotatable bonds is 4. The van der Waals surface area contributed by atoms with E-state index in [0.717, 1.165) is 12.8 Å². The molecular formula is C18H20N2O4. The Labute approximate surface area is 140 Å². The van der Waals surface area contributed by atoms with Crippen LogP contribution in [0, 0.1) is 12.8 Å². The second-order valence-electron chi connectivity index (χ2n) is 6.14. The van der Waals surface area contributed by atoms with Gasteiger partial charge in [0.1, 0.15) is 5.69 Å². The van der Waals surface area contributed by atoms with Gasteiger partial charge in [-0.1, -0.05) is 0 Å². The van der Waals surface area contributed by atoms with Crippen LogP contribution in [0.3, 0.4) is 0 Å². The normalized spacial score (nSPS) is 15.5. The Morgan fingerprint density at radius 1 is 1.29 bits per heavy atom. The predicted octanol–water partition coefficient (Wildman–Crippen LogP) is 2.98. The molecule has 0 aliphatic carbocycles. The SMILES string of the molecule is Cc1nc(-c2ccco2)ccc1C(=O)N1CCC(CC(=O)O)CC1. The summed E-state index contributed by atoms with van der Waals surface area (Å²) >= 11 is 0. The molecule has 1 saturated heterocycles. The number of nitrogens with zero attached hydrogens (tertiary/aromatic N) is 2. The van der Waals surface area contributed by atoms with E-state index in [1.165, 1.54) is 0 Å². The van der Waals surface area contributed by atoms with Crippen LogP contribution in [-0.2, 0) is 4.79 Å². The summed E-state index contributed by atoms with van der Waals surface area (Å²) in [6.07, 6.45) is 3.23. The topological polar surface area (TPSA) is 83.6 Å². The Morgan fingerprint density at radius 3 is 2.62 bits per heavy atom. The molecule has 6 nitrogen and oxygen atoms in total. The number of hydrogen-bond donors (Lipinski definition) is 1. The molecule has 3 heterocycles. The fourth-order valence-electron chi connectivity index (χ4n) is 3.11. The Hall–Kier alpha value is -2.63. The molecule has 1 amide bonds. The maximum atomic E-state index is 12.7. The number of aryl methyl sites for hydroxylation is 1. The Morgan fingerprint density at radius 2 is 2.04 bits per heavy atom. The van der Waals surface area contributed by atoms with Crippen molar-refractivity contribution in [3.63, 3.8) is 0 Å². The van der Waals surface area contributed by atoms with Crippen LogP contribution in [0.1, 0.15) is 35.3 Å². The lowest BCUT2D eigenvalue weighted by Gasteiger charge is -2.31. The fraction of sp³-hybridized carbons (Fsp3) is 0.389. The molecule has 1 fully saturated rings. The average Bonchev–Trinajstić information content (AvgIpc) is 3.09. The zero-order valence-corrected chi connectivity index (χ0v) is 13.6. The van der Waals surface area contributed by atoms with Gasteiger partial charge >= 0.3 is 5.97 Å². The van der Waals surface area contributed by atoms with Crippen molar-refractivity contribution in [3.05, 3.63) is 41.8 Å². The zero-order valence-electron chi connectivity index (χ0n) is 13.6. The lowest BCUT2D eigenvalue weighted by molar-refractivity contribution is -0.138. The van der Waals surface area contributed by atoms with Gasteiger partial charge in [0.2, 0.25) is 0 Å². The van der Waals surface area contributed by atoms with E-state index >= 15 is 0 Å². The summed E-state index contributed by atoms with van der Waals surface area (Å²) < 4.78 is 5.33. The molecule has 0 spiro atoms. The van der Waals surface area contributed by atoms with E-state index in [9.17, 15) is 9.59 Å². The molecule has 0 bridgehead atoms. The van der Waals surface area contributed by atoms with E-state index in [4.69, 9.17) is 9.52 Å². The lowest BCUT2D eigenvalue weighted by atomic mass is 9.93. The smallest absolute Gasteiger partial charge is 0.303 e. The van der Waals surface area contributed by atoms with Crippen molar-refractivity contribution in [2.45, 2.75) is 26.2 Å². The van der Waals surface area contributed by atoms with Gasteiger partial charge in [-0.15, -0.1) is 0 Å². The van der Waals surface area contributed by atoms with Gasteiger partial charge in [-0.3, -0.25) is 9.59 Å². The number of carboxylic acids is 1. The average molecular weight is 328 g/mol. The first-order valence-corrected chi connectivity index (χ1v) is 8.07.